The van der Waals surface area contributed by atoms with Gasteiger partial charge in [-0.25, -0.2) is 0 Å². The minimum Gasteiger partial charge on any atom is -0.547 e. The third-order valence-electron chi connectivity index (χ3n) is 2.99. The zero-order valence-electron chi connectivity index (χ0n) is 13.8. The van der Waals surface area contributed by atoms with Crippen molar-refractivity contribution in [3.05, 3.63) is 0 Å². The average Bonchev–Trinajstić information content (AvgIpc) is 2.62. The van der Waals surface area contributed by atoms with E-state index in [1.807, 2.05) is 0 Å². The summed E-state index contributed by atoms with van der Waals surface area (Å²) in [6.45, 7) is -1.73. The molecule has 0 spiro atoms. The van der Waals surface area contributed by atoms with E-state index in [1.165, 1.54) is 0 Å². The van der Waals surface area contributed by atoms with Crippen LogP contribution in [0, 0.1) is 0 Å². The van der Waals surface area contributed by atoms with Crippen LogP contribution in [0.25, 0.3) is 0 Å². The van der Waals surface area contributed by atoms with E-state index < -0.39 is 74.0 Å². The predicted octanol–water partition coefficient (Wildman–Crippen LogP) is -10.0. The van der Waals surface area contributed by atoms with Gasteiger partial charge in [-0.1, -0.05) is 0 Å². The number of aliphatic carboxylic acids is 2. The summed E-state index contributed by atoms with van der Waals surface area (Å²) < 4.78 is 0. The van der Waals surface area contributed by atoms with Crippen LogP contribution >= 0.6 is 0 Å². The van der Waals surface area contributed by atoms with E-state index in [9.17, 15) is 19.8 Å². The van der Waals surface area contributed by atoms with E-state index in [2.05, 4.69) is 0 Å². The molecule has 0 radical (unpaired) electrons. The molecule has 0 aromatic carbocycles. The molecule has 0 aliphatic carbocycles. The van der Waals surface area contributed by atoms with Crippen molar-refractivity contribution in [3.63, 3.8) is 0 Å². The fourth-order valence-corrected chi connectivity index (χ4v) is 1.32. The summed E-state index contributed by atoms with van der Waals surface area (Å²) in [4.78, 5) is 20.0. The SMILES string of the molecule is O=C([O-])C(O)C(O)C(O)C(O)CO.O=C([O-])C(O)C(O)C(O)C(O)CO.[Ba+2]. The maximum absolute atomic E-state index is 9.98. The Morgan fingerprint density at radius 2 is 0.815 bits per heavy atom. The van der Waals surface area contributed by atoms with Crippen molar-refractivity contribution in [2.75, 3.05) is 13.2 Å². The fraction of sp³-hybridized carbons (Fsp3) is 0.833. The first-order chi connectivity index (χ1) is 11.8. The molecule has 15 heteroatoms. The number of carbonyl (C=O) groups excluding carboxylic acids is 2. The van der Waals surface area contributed by atoms with E-state index in [0.717, 1.165) is 0 Å². The quantitative estimate of drug-likeness (QED) is 0.118. The number of hydrogen-bond acceptors (Lipinski definition) is 14. The summed E-state index contributed by atoms with van der Waals surface area (Å²) in [7, 11) is 0. The second-order valence-electron chi connectivity index (χ2n) is 4.99. The molecule has 0 fully saturated rings. The van der Waals surface area contributed by atoms with E-state index in [4.69, 9.17) is 51.1 Å². The second-order valence-corrected chi connectivity index (χ2v) is 4.99. The molecule has 27 heavy (non-hydrogen) atoms. The summed E-state index contributed by atoms with van der Waals surface area (Å²) >= 11 is 0. The van der Waals surface area contributed by atoms with E-state index in [0.29, 0.717) is 0 Å². The summed E-state index contributed by atoms with van der Waals surface area (Å²) in [5.74, 6) is -3.95. The van der Waals surface area contributed by atoms with Crippen LogP contribution in [0.15, 0.2) is 0 Å². The van der Waals surface area contributed by atoms with Crippen molar-refractivity contribution >= 4 is 60.8 Å². The molecule has 14 nitrogen and oxygen atoms in total. The Bertz CT molecular complexity index is 385. The van der Waals surface area contributed by atoms with Crippen LogP contribution in [0.5, 0.6) is 0 Å². The average molecular weight is 528 g/mol. The van der Waals surface area contributed by atoms with Gasteiger partial charge in [0, 0.05) is 0 Å². The minimum atomic E-state index is -2.31. The van der Waals surface area contributed by atoms with Crippen molar-refractivity contribution in [2.24, 2.45) is 0 Å². The third-order valence-corrected chi connectivity index (χ3v) is 2.99. The van der Waals surface area contributed by atoms with Crippen LogP contribution in [0.2, 0.25) is 0 Å². The molecule has 0 aliphatic rings. The summed E-state index contributed by atoms with van der Waals surface area (Å²) in [5, 5.41) is 107. The molecule has 0 amide bonds. The van der Waals surface area contributed by atoms with Crippen LogP contribution in [0.1, 0.15) is 0 Å². The molecule has 0 saturated carbocycles. The van der Waals surface area contributed by atoms with Gasteiger partial charge in [-0.05, 0) is 0 Å². The topological polar surface area (TPSA) is 283 Å². The summed E-state index contributed by atoms with van der Waals surface area (Å²) in [5.41, 5.74) is 0. The largest absolute Gasteiger partial charge is 2.00 e. The van der Waals surface area contributed by atoms with Crippen molar-refractivity contribution in [1.82, 2.24) is 0 Å². The number of carboxylic acids is 2. The number of rotatable bonds is 10. The van der Waals surface area contributed by atoms with Crippen LogP contribution in [-0.4, -0.2) is 174 Å². The Labute approximate surface area is 192 Å². The van der Waals surface area contributed by atoms with Crippen LogP contribution in [-0.2, 0) is 9.59 Å². The van der Waals surface area contributed by atoms with Gasteiger partial charge in [0.2, 0.25) is 0 Å². The van der Waals surface area contributed by atoms with E-state index in [-0.39, 0.29) is 48.9 Å². The van der Waals surface area contributed by atoms with Crippen molar-refractivity contribution in [1.29, 1.82) is 0 Å². The molecule has 0 aromatic heterocycles. The van der Waals surface area contributed by atoms with E-state index >= 15 is 0 Å². The molecular weight excluding hydrogens is 505 g/mol. The Kier molecular flexibility index (Phi) is 18.8. The number of carbonyl (C=O) groups is 2. The molecule has 0 saturated heterocycles. The zero-order chi connectivity index (χ0) is 21.2. The first-order valence-electron chi connectivity index (χ1n) is 6.91. The maximum atomic E-state index is 9.98. The molecule has 0 rings (SSSR count). The first kappa shape index (κ1) is 31.8. The van der Waals surface area contributed by atoms with Crippen molar-refractivity contribution in [2.45, 2.75) is 48.8 Å². The van der Waals surface area contributed by atoms with Crippen molar-refractivity contribution in [3.8, 4) is 0 Å². The first-order valence-corrected chi connectivity index (χ1v) is 6.91. The van der Waals surface area contributed by atoms with Gasteiger partial charge in [-0.15, -0.1) is 0 Å². The molecule has 0 aliphatic heterocycles. The van der Waals surface area contributed by atoms with Gasteiger partial charge in [-0.3, -0.25) is 0 Å². The summed E-state index contributed by atoms with van der Waals surface area (Å²) in [6, 6.07) is 0. The number of aliphatic hydroxyl groups is 10. The zero-order valence-corrected chi connectivity index (χ0v) is 18.3. The van der Waals surface area contributed by atoms with Gasteiger partial charge < -0.3 is 70.9 Å². The Balaban J connectivity index is -0.000000411. The van der Waals surface area contributed by atoms with Gasteiger partial charge in [0.1, 0.15) is 48.8 Å². The molecule has 0 bridgehead atoms. The number of hydrogen-bond donors (Lipinski definition) is 10. The Morgan fingerprint density at radius 1 is 0.593 bits per heavy atom. The van der Waals surface area contributed by atoms with Crippen LogP contribution in [0.4, 0.5) is 0 Å². The maximum Gasteiger partial charge on any atom is 2.00 e. The van der Waals surface area contributed by atoms with Crippen molar-refractivity contribution < 1.29 is 70.9 Å². The van der Waals surface area contributed by atoms with Crippen LogP contribution < -0.4 is 10.2 Å². The van der Waals surface area contributed by atoms with Gasteiger partial charge in [0.25, 0.3) is 0 Å². The van der Waals surface area contributed by atoms with Crippen LogP contribution in [0.3, 0.4) is 0 Å². The molecule has 156 valence electrons. The molecular formula is C12H22BaO14. The fourth-order valence-electron chi connectivity index (χ4n) is 1.32. The van der Waals surface area contributed by atoms with E-state index in [1.54, 1.807) is 0 Å². The number of carboxylic acid groups (broad SMARTS) is 2. The molecule has 0 aromatic rings. The molecule has 0 heterocycles. The normalized spacial score (nSPS) is 19.6. The van der Waals surface area contributed by atoms with Gasteiger partial charge in [0.05, 0.1) is 25.2 Å². The predicted molar refractivity (Wildman–Crippen MR) is 78.0 cm³/mol. The smallest absolute Gasteiger partial charge is 0.547 e. The summed E-state index contributed by atoms with van der Waals surface area (Å²) in [6.07, 6.45) is -16.2. The Morgan fingerprint density at radius 3 is 0.963 bits per heavy atom. The molecule has 8 unspecified atom stereocenters. The van der Waals surface area contributed by atoms with Gasteiger partial charge in [0.15, 0.2) is 0 Å². The Hall–Kier alpha value is 0.111. The third kappa shape index (κ3) is 11.6. The second kappa shape index (κ2) is 16.0. The van der Waals surface area contributed by atoms with Gasteiger partial charge in [-0.2, -0.15) is 0 Å². The molecule has 10 N–H and O–H groups in total. The molecule has 8 atom stereocenters. The minimum absolute atomic E-state index is 0. The number of aliphatic hydroxyl groups excluding tert-OH is 10. The standard InChI is InChI=1S/2C6H12O7.Ba/c2*7-1-2(8)3(9)4(10)5(11)6(12)13;/h2*2-5,7-11H,1H2,(H,12,13);/q;;+2/p-2. The van der Waals surface area contributed by atoms with Gasteiger partial charge >= 0.3 is 48.9 Å². The monoisotopic (exact) mass is 528 g/mol.